The van der Waals surface area contributed by atoms with E-state index in [-0.39, 0.29) is 5.91 Å². The summed E-state index contributed by atoms with van der Waals surface area (Å²) in [5.74, 6) is 1.23. The fourth-order valence-electron chi connectivity index (χ4n) is 2.29. The Balaban J connectivity index is 1.94. The van der Waals surface area contributed by atoms with Gasteiger partial charge in [-0.2, -0.15) is 5.26 Å². The van der Waals surface area contributed by atoms with Crippen molar-refractivity contribution in [3.63, 3.8) is 0 Å². The first kappa shape index (κ1) is 18.8. The number of pyridine rings is 1. The molecule has 2 rings (SSSR count). The molecule has 0 aliphatic rings. The molecular weight excluding hydrogens is 334 g/mol. The summed E-state index contributed by atoms with van der Waals surface area (Å²) >= 11 is 1.44. The van der Waals surface area contributed by atoms with E-state index in [0.29, 0.717) is 22.8 Å². The molecule has 130 valence electrons. The van der Waals surface area contributed by atoms with Crippen LogP contribution in [-0.2, 0) is 4.79 Å². The van der Waals surface area contributed by atoms with Crippen LogP contribution in [0.4, 0.5) is 5.69 Å². The van der Waals surface area contributed by atoms with E-state index in [9.17, 15) is 10.1 Å². The van der Waals surface area contributed by atoms with Crippen molar-refractivity contribution in [2.45, 2.75) is 32.2 Å². The number of carbonyl (C=O) groups excluding carboxylic acids is 1. The smallest absolute Gasteiger partial charge is 0.225 e. The topological polar surface area (TPSA) is 75.0 Å². The van der Waals surface area contributed by atoms with E-state index in [1.165, 1.54) is 11.8 Å². The predicted molar refractivity (Wildman–Crippen MR) is 100 cm³/mol. The maximum atomic E-state index is 12.1. The normalized spacial score (nSPS) is 10.2. The van der Waals surface area contributed by atoms with Gasteiger partial charge in [-0.3, -0.25) is 4.79 Å². The number of benzene rings is 1. The zero-order chi connectivity index (χ0) is 18.4. The van der Waals surface area contributed by atoms with Gasteiger partial charge in [0, 0.05) is 23.6 Å². The van der Waals surface area contributed by atoms with E-state index in [2.05, 4.69) is 16.4 Å². The Morgan fingerprint density at radius 1 is 1.24 bits per heavy atom. The standard InChI is InChI=1S/C19H21N3O2S/c1-12-13(2)17(11-20)19(21-14(12)3)25-10-9-18(23)22-15-5-7-16(24-4)8-6-15/h5-8H,9-10H2,1-4H3,(H,22,23). The van der Waals surface area contributed by atoms with Crippen LogP contribution in [0.3, 0.4) is 0 Å². The number of nitriles is 1. The molecule has 0 atom stereocenters. The fourth-order valence-corrected chi connectivity index (χ4v) is 3.31. The number of anilines is 1. The maximum Gasteiger partial charge on any atom is 0.225 e. The van der Waals surface area contributed by atoms with Crippen molar-refractivity contribution in [3.8, 4) is 11.8 Å². The fraction of sp³-hybridized carbons (Fsp3) is 0.316. The number of nitrogens with zero attached hydrogens (tertiary/aromatic N) is 2. The lowest BCUT2D eigenvalue weighted by Gasteiger charge is -2.11. The SMILES string of the molecule is COc1ccc(NC(=O)CCSc2nc(C)c(C)c(C)c2C#N)cc1. The number of hydrogen-bond donors (Lipinski definition) is 1. The number of amides is 1. The van der Waals surface area contributed by atoms with Crippen LogP contribution in [0.2, 0.25) is 0 Å². The van der Waals surface area contributed by atoms with E-state index in [0.717, 1.165) is 28.3 Å². The summed E-state index contributed by atoms with van der Waals surface area (Å²) in [5.41, 5.74) is 4.25. The van der Waals surface area contributed by atoms with Crippen molar-refractivity contribution < 1.29 is 9.53 Å². The van der Waals surface area contributed by atoms with E-state index >= 15 is 0 Å². The van der Waals surface area contributed by atoms with Crippen molar-refractivity contribution in [1.82, 2.24) is 4.98 Å². The lowest BCUT2D eigenvalue weighted by Crippen LogP contribution is -2.12. The van der Waals surface area contributed by atoms with Gasteiger partial charge in [-0.1, -0.05) is 0 Å². The van der Waals surface area contributed by atoms with Gasteiger partial charge in [0.25, 0.3) is 0 Å². The number of aromatic nitrogens is 1. The van der Waals surface area contributed by atoms with Crippen molar-refractivity contribution in [3.05, 3.63) is 46.6 Å². The summed E-state index contributed by atoms with van der Waals surface area (Å²) < 4.78 is 5.09. The van der Waals surface area contributed by atoms with Gasteiger partial charge in [0.2, 0.25) is 5.91 Å². The van der Waals surface area contributed by atoms with Crippen LogP contribution in [0.15, 0.2) is 29.3 Å². The highest BCUT2D eigenvalue weighted by Crippen LogP contribution is 2.27. The molecule has 1 aromatic heterocycles. The molecule has 1 heterocycles. The molecule has 0 saturated heterocycles. The minimum absolute atomic E-state index is 0.0725. The average molecular weight is 355 g/mol. The average Bonchev–Trinajstić information content (AvgIpc) is 2.60. The Labute approximate surface area is 152 Å². The Hall–Kier alpha value is -2.52. The van der Waals surface area contributed by atoms with Crippen LogP contribution in [0, 0.1) is 32.1 Å². The molecule has 0 bridgehead atoms. The molecular formula is C19H21N3O2S. The first-order chi connectivity index (χ1) is 12.0. The molecule has 0 aliphatic carbocycles. The van der Waals surface area contributed by atoms with Gasteiger partial charge in [0.15, 0.2) is 0 Å². The van der Waals surface area contributed by atoms with E-state index in [4.69, 9.17) is 4.74 Å². The van der Waals surface area contributed by atoms with Crippen molar-refractivity contribution in [2.75, 3.05) is 18.2 Å². The van der Waals surface area contributed by atoms with Crippen LogP contribution >= 0.6 is 11.8 Å². The molecule has 25 heavy (non-hydrogen) atoms. The highest BCUT2D eigenvalue weighted by molar-refractivity contribution is 7.99. The first-order valence-electron chi connectivity index (χ1n) is 7.91. The van der Waals surface area contributed by atoms with E-state index in [1.807, 2.05) is 20.8 Å². The van der Waals surface area contributed by atoms with Crippen molar-refractivity contribution in [2.24, 2.45) is 0 Å². The predicted octanol–water partition coefficient (Wildman–Crippen LogP) is 4.01. The summed E-state index contributed by atoms with van der Waals surface area (Å²) in [7, 11) is 1.60. The molecule has 0 aliphatic heterocycles. The number of nitrogens with one attached hydrogen (secondary N) is 1. The minimum atomic E-state index is -0.0725. The maximum absolute atomic E-state index is 12.1. The number of methoxy groups -OCH3 is 1. The monoisotopic (exact) mass is 355 g/mol. The number of thioether (sulfide) groups is 1. The zero-order valence-corrected chi connectivity index (χ0v) is 15.7. The van der Waals surface area contributed by atoms with Crippen LogP contribution in [0.1, 0.15) is 28.8 Å². The Kier molecular flexibility index (Phi) is 6.43. The number of carbonyl (C=O) groups is 1. The molecule has 0 unspecified atom stereocenters. The minimum Gasteiger partial charge on any atom is -0.497 e. The largest absolute Gasteiger partial charge is 0.497 e. The van der Waals surface area contributed by atoms with Crippen molar-refractivity contribution >= 4 is 23.4 Å². The molecule has 6 heteroatoms. The van der Waals surface area contributed by atoms with Crippen LogP contribution < -0.4 is 10.1 Å². The third kappa shape index (κ3) is 4.74. The molecule has 0 saturated carbocycles. The molecule has 2 aromatic rings. The number of rotatable bonds is 6. The summed E-state index contributed by atoms with van der Waals surface area (Å²) in [4.78, 5) is 16.6. The molecule has 0 spiro atoms. The van der Waals surface area contributed by atoms with Gasteiger partial charge >= 0.3 is 0 Å². The molecule has 0 fully saturated rings. The van der Waals surface area contributed by atoms with Crippen molar-refractivity contribution in [1.29, 1.82) is 5.26 Å². The molecule has 1 aromatic carbocycles. The summed E-state index contributed by atoms with van der Waals surface area (Å²) in [6.07, 6.45) is 0.342. The van der Waals surface area contributed by atoms with Gasteiger partial charge in [-0.15, -0.1) is 11.8 Å². The summed E-state index contributed by atoms with van der Waals surface area (Å²) in [6.45, 7) is 5.84. The Bertz CT molecular complexity index is 811. The molecule has 1 N–H and O–H groups in total. The lowest BCUT2D eigenvalue weighted by atomic mass is 10.1. The summed E-state index contributed by atoms with van der Waals surface area (Å²) in [5, 5.41) is 12.9. The Morgan fingerprint density at radius 3 is 2.52 bits per heavy atom. The van der Waals surface area contributed by atoms with Gasteiger partial charge in [-0.25, -0.2) is 4.98 Å². The lowest BCUT2D eigenvalue weighted by molar-refractivity contribution is -0.115. The second-order valence-corrected chi connectivity index (χ2v) is 6.70. The summed E-state index contributed by atoms with van der Waals surface area (Å²) in [6, 6.07) is 9.41. The van der Waals surface area contributed by atoms with Gasteiger partial charge in [-0.05, 0) is 56.2 Å². The van der Waals surface area contributed by atoms with Crippen LogP contribution in [0.25, 0.3) is 0 Å². The van der Waals surface area contributed by atoms with E-state index in [1.54, 1.807) is 31.4 Å². The molecule has 5 nitrogen and oxygen atoms in total. The quantitative estimate of drug-likeness (QED) is 0.793. The number of aryl methyl sites for hydroxylation is 1. The van der Waals surface area contributed by atoms with Gasteiger partial charge in [0.1, 0.15) is 16.8 Å². The second-order valence-electron chi connectivity index (χ2n) is 5.61. The van der Waals surface area contributed by atoms with Crippen LogP contribution in [0.5, 0.6) is 5.75 Å². The van der Waals surface area contributed by atoms with E-state index < -0.39 is 0 Å². The number of ether oxygens (including phenoxy) is 1. The Morgan fingerprint density at radius 2 is 1.92 bits per heavy atom. The number of hydrogen-bond acceptors (Lipinski definition) is 5. The van der Waals surface area contributed by atoms with Crippen LogP contribution in [-0.4, -0.2) is 23.8 Å². The van der Waals surface area contributed by atoms with Gasteiger partial charge in [0.05, 0.1) is 12.7 Å². The van der Waals surface area contributed by atoms with Gasteiger partial charge < -0.3 is 10.1 Å². The zero-order valence-electron chi connectivity index (χ0n) is 14.8. The molecule has 0 radical (unpaired) electrons. The molecule has 1 amide bonds. The second kappa shape index (κ2) is 8.54. The highest BCUT2D eigenvalue weighted by Gasteiger charge is 2.13. The third-order valence-corrected chi connectivity index (χ3v) is 4.99. The highest BCUT2D eigenvalue weighted by atomic mass is 32.2. The third-order valence-electron chi connectivity index (χ3n) is 4.02. The first-order valence-corrected chi connectivity index (χ1v) is 8.89.